The Morgan fingerprint density at radius 3 is 1.45 bits per heavy atom. The van der Waals surface area contributed by atoms with Crippen molar-refractivity contribution in [2.24, 2.45) is 5.92 Å². The van der Waals surface area contributed by atoms with Gasteiger partial charge in [0.05, 0.1) is 5.92 Å². The predicted octanol–water partition coefficient (Wildman–Crippen LogP) is 13.5. The van der Waals surface area contributed by atoms with Gasteiger partial charge in [-0.3, -0.25) is 14.4 Å². The lowest BCUT2D eigenvalue weighted by Crippen LogP contribution is -2.37. The lowest BCUT2D eigenvalue weighted by molar-refractivity contribution is -0.150. The summed E-state index contributed by atoms with van der Waals surface area (Å²) in [5.41, 5.74) is 0. The van der Waals surface area contributed by atoms with Crippen LogP contribution in [0.5, 0.6) is 0 Å². The SMILES string of the molecule is CCCCC/C=C\C/C=C\CCCCCCCC(=O)OCC(COC(=O)CCCC(=O)OC(CCCCCCCC)CCCCCCCC)COC(=O)N(C)CCN(CC)CC. The molecule has 362 valence electrons. The summed E-state index contributed by atoms with van der Waals surface area (Å²) >= 11 is 0. The lowest BCUT2D eigenvalue weighted by atomic mass is 10.0. The number of allylic oxidation sites excluding steroid dienone is 4. The fourth-order valence-corrected chi connectivity index (χ4v) is 7.20. The number of rotatable bonds is 44. The number of hydrogen-bond donors (Lipinski definition) is 0. The summed E-state index contributed by atoms with van der Waals surface area (Å²) in [7, 11) is 1.70. The van der Waals surface area contributed by atoms with Crippen molar-refractivity contribution in [3.8, 4) is 0 Å². The molecule has 0 aliphatic rings. The Hall–Kier alpha value is -2.88. The molecule has 0 aromatic rings. The minimum absolute atomic E-state index is 0.0201. The number of likely N-dealkylation sites (N-methyl/N-ethyl adjacent to an activating group) is 2. The van der Waals surface area contributed by atoms with Gasteiger partial charge in [0.1, 0.15) is 25.9 Å². The number of ether oxygens (including phenoxy) is 4. The average molecular weight is 877 g/mol. The van der Waals surface area contributed by atoms with Gasteiger partial charge in [0.25, 0.3) is 0 Å². The Bertz CT molecular complexity index is 1110. The average Bonchev–Trinajstić information content (AvgIpc) is 3.26. The van der Waals surface area contributed by atoms with Crippen molar-refractivity contribution in [3.63, 3.8) is 0 Å². The molecule has 0 radical (unpaired) electrons. The number of esters is 3. The zero-order valence-corrected chi connectivity index (χ0v) is 41.1. The molecule has 0 heterocycles. The van der Waals surface area contributed by atoms with Gasteiger partial charge in [0.2, 0.25) is 0 Å². The first-order chi connectivity index (χ1) is 30.2. The summed E-state index contributed by atoms with van der Waals surface area (Å²) in [4.78, 5) is 54.9. The van der Waals surface area contributed by atoms with Crippen LogP contribution in [0.1, 0.15) is 221 Å². The largest absolute Gasteiger partial charge is 0.465 e. The Balaban J connectivity index is 4.85. The number of nitrogens with zero attached hydrogens (tertiary/aromatic N) is 2. The summed E-state index contributed by atoms with van der Waals surface area (Å²) in [6, 6.07) is 0. The van der Waals surface area contributed by atoms with Crippen LogP contribution in [-0.4, -0.2) is 93.0 Å². The first kappa shape index (κ1) is 59.1. The van der Waals surface area contributed by atoms with E-state index < -0.39 is 18.0 Å². The molecule has 0 fully saturated rings. The summed E-state index contributed by atoms with van der Waals surface area (Å²) in [6.45, 7) is 13.8. The van der Waals surface area contributed by atoms with Crippen LogP contribution in [-0.2, 0) is 33.3 Å². The second-order valence-electron chi connectivity index (χ2n) is 17.3. The minimum Gasteiger partial charge on any atom is -0.465 e. The monoisotopic (exact) mass is 877 g/mol. The van der Waals surface area contributed by atoms with Crippen LogP contribution in [0.25, 0.3) is 0 Å². The van der Waals surface area contributed by atoms with Crippen molar-refractivity contribution in [3.05, 3.63) is 24.3 Å². The molecule has 0 aromatic carbocycles. The summed E-state index contributed by atoms with van der Waals surface area (Å²) in [5.74, 6) is -1.52. The van der Waals surface area contributed by atoms with Crippen molar-refractivity contribution < 1.29 is 38.1 Å². The van der Waals surface area contributed by atoms with E-state index >= 15 is 0 Å². The molecule has 62 heavy (non-hydrogen) atoms. The van der Waals surface area contributed by atoms with Crippen molar-refractivity contribution >= 4 is 24.0 Å². The van der Waals surface area contributed by atoms with Gasteiger partial charge >= 0.3 is 24.0 Å². The van der Waals surface area contributed by atoms with E-state index in [9.17, 15) is 19.2 Å². The van der Waals surface area contributed by atoms with Crippen LogP contribution in [0.2, 0.25) is 0 Å². The van der Waals surface area contributed by atoms with Crippen LogP contribution in [0, 0.1) is 5.92 Å². The molecule has 10 heteroatoms. The molecule has 0 aliphatic carbocycles. The van der Waals surface area contributed by atoms with E-state index in [-0.39, 0.29) is 50.7 Å². The molecule has 1 atom stereocenters. The maximum atomic E-state index is 12.9. The Morgan fingerprint density at radius 2 is 0.903 bits per heavy atom. The van der Waals surface area contributed by atoms with E-state index in [0.717, 1.165) is 90.3 Å². The Labute approximate surface area is 381 Å². The van der Waals surface area contributed by atoms with E-state index in [4.69, 9.17) is 18.9 Å². The molecule has 0 rings (SSSR count). The second kappa shape index (κ2) is 44.7. The number of hydrogen-bond acceptors (Lipinski definition) is 9. The highest BCUT2D eigenvalue weighted by Crippen LogP contribution is 2.18. The van der Waals surface area contributed by atoms with E-state index in [0.29, 0.717) is 19.4 Å². The molecular weight excluding hydrogens is 781 g/mol. The number of amides is 1. The van der Waals surface area contributed by atoms with E-state index in [1.54, 1.807) is 7.05 Å². The van der Waals surface area contributed by atoms with Crippen molar-refractivity contribution in [2.45, 2.75) is 227 Å². The Kier molecular flexibility index (Phi) is 42.6. The second-order valence-corrected chi connectivity index (χ2v) is 17.3. The molecule has 0 aliphatic heterocycles. The quantitative estimate of drug-likeness (QED) is 0.0256. The molecule has 0 bridgehead atoms. The smallest absolute Gasteiger partial charge is 0.409 e. The molecule has 0 saturated carbocycles. The highest BCUT2D eigenvalue weighted by atomic mass is 16.6. The van der Waals surface area contributed by atoms with Gasteiger partial charge in [0, 0.05) is 39.4 Å². The van der Waals surface area contributed by atoms with Gasteiger partial charge in [-0.25, -0.2) is 4.79 Å². The van der Waals surface area contributed by atoms with Crippen molar-refractivity contribution in [1.29, 1.82) is 0 Å². The fourth-order valence-electron chi connectivity index (χ4n) is 7.20. The predicted molar refractivity (Wildman–Crippen MR) is 256 cm³/mol. The van der Waals surface area contributed by atoms with Gasteiger partial charge in [-0.2, -0.15) is 0 Å². The molecule has 1 unspecified atom stereocenters. The fraction of sp³-hybridized carbons (Fsp3) is 0.846. The van der Waals surface area contributed by atoms with Crippen LogP contribution in [0.4, 0.5) is 4.79 Å². The third-order valence-corrected chi connectivity index (χ3v) is 11.5. The van der Waals surface area contributed by atoms with Gasteiger partial charge in [-0.05, 0) is 83.7 Å². The first-order valence-electron chi connectivity index (χ1n) is 25.6. The number of carbonyl (C=O) groups excluding carboxylic acids is 4. The number of unbranched alkanes of at least 4 members (excludes halogenated alkanes) is 18. The maximum absolute atomic E-state index is 12.9. The highest BCUT2D eigenvalue weighted by Gasteiger charge is 2.20. The van der Waals surface area contributed by atoms with Crippen molar-refractivity contribution in [2.75, 3.05) is 53.0 Å². The van der Waals surface area contributed by atoms with Crippen LogP contribution < -0.4 is 0 Å². The Morgan fingerprint density at radius 1 is 0.468 bits per heavy atom. The lowest BCUT2D eigenvalue weighted by Gasteiger charge is -2.24. The van der Waals surface area contributed by atoms with Gasteiger partial charge < -0.3 is 28.7 Å². The molecule has 0 saturated heterocycles. The summed E-state index contributed by atoms with van der Waals surface area (Å²) in [6.07, 6.45) is 37.8. The van der Waals surface area contributed by atoms with Gasteiger partial charge in [-0.1, -0.05) is 155 Å². The first-order valence-corrected chi connectivity index (χ1v) is 25.6. The highest BCUT2D eigenvalue weighted by molar-refractivity contribution is 5.72. The zero-order valence-electron chi connectivity index (χ0n) is 41.1. The van der Waals surface area contributed by atoms with E-state index in [2.05, 4.69) is 63.8 Å². The van der Waals surface area contributed by atoms with Crippen LogP contribution in [0.3, 0.4) is 0 Å². The zero-order chi connectivity index (χ0) is 45.7. The normalized spacial score (nSPS) is 12.1. The maximum Gasteiger partial charge on any atom is 0.409 e. The number of carbonyl (C=O) groups is 4. The molecule has 10 nitrogen and oxygen atoms in total. The van der Waals surface area contributed by atoms with Gasteiger partial charge in [-0.15, -0.1) is 0 Å². The summed E-state index contributed by atoms with van der Waals surface area (Å²) < 4.78 is 22.7. The third-order valence-electron chi connectivity index (χ3n) is 11.5. The van der Waals surface area contributed by atoms with E-state index in [1.165, 1.54) is 94.8 Å². The van der Waals surface area contributed by atoms with Crippen LogP contribution in [0.15, 0.2) is 24.3 Å². The molecule has 0 spiro atoms. The van der Waals surface area contributed by atoms with Crippen LogP contribution >= 0.6 is 0 Å². The van der Waals surface area contributed by atoms with E-state index in [1.807, 2.05) is 0 Å². The van der Waals surface area contributed by atoms with Crippen molar-refractivity contribution in [1.82, 2.24) is 9.80 Å². The molecule has 0 N–H and O–H groups in total. The minimum atomic E-state index is -0.512. The molecular formula is C52H96N2O8. The topological polar surface area (TPSA) is 112 Å². The third kappa shape index (κ3) is 38.8. The standard InChI is InChI=1S/C52H96N2O8/c1-7-12-15-18-21-22-23-24-25-26-27-28-29-32-35-39-49(55)59-44-47(46-61-52(58)53(6)42-43-54(10-4)11-5)45-60-50(56)40-36-41-51(57)62-48(37-33-30-19-16-13-8-2)38-34-31-20-17-14-9-3/h21-22,24-25,47-48H,7-20,23,26-46H2,1-6H3/b22-21-,25-24-. The molecule has 0 aromatic heterocycles. The summed E-state index contributed by atoms with van der Waals surface area (Å²) in [5, 5.41) is 0. The molecule has 1 amide bonds. The van der Waals surface area contributed by atoms with Gasteiger partial charge in [0.15, 0.2) is 0 Å².